The van der Waals surface area contributed by atoms with Crippen molar-refractivity contribution < 1.29 is 14.7 Å². The van der Waals surface area contributed by atoms with Crippen molar-refractivity contribution in [3.8, 4) is 0 Å². The maximum absolute atomic E-state index is 10.6. The average Bonchev–Trinajstić information content (AvgIpc) is 2.76. The van der Waals surface area contributed by atoms with E-state index in [-0.39, 0.29) is 5.92 Å². The molecule has 1 aliphatic carbocycles. The fourth-order valence-corrected chi connectivity index (χ4v) is 4.11. The van der Waals surface area contributed by atoms with Gasteiger partial charge in [0.1, 0.15) is 0 Å². The number of carboxylic acids is 1. The molecule has 0 saturated heterocycles. The van der Waals surface area contributed by atoms with E-state index in [2.05, 4.69) is 42.4 Å². The average molecular weight is 450 g/mol. The number of carbonyl (C=O) groups is 2. The fraction of sp³-hybridized carbons (Fsp3) is 0.692. The molecule has 0 aliphatic heterocycles. The Morgan fingerprint density at radius 1 is 1.16 bits per heavy atom. The van der Waals surface area contributed by atoms with E-state index in [1.54, 1.807) is 0 Å². The number of amides is 1. The molecule has 32 heavy (non-hydrogen) atoms. The largest absolute Gasteiger partial charge is 0.481 e. The first-order valence-corrected chi connectivity index (χ1v) is 12.3. The van der Waals surface area contributed by atoms with Gasteiger partial charge in [-0.05, 0) is 82.3 Å². The lowest BCUT2D eigenvalue weighted by atomic mass is 9.80. The maximum Gasteiger partial charge on any atom is 0.306 e. The van der Waals surface area contributed by atoms with Crippen LogP contribution in [0.1, 0.15) is 77.3 Å². The summed E-state index contributed by atoms with van der Waals surface area (Å²) >= 11 is 0. The molecule has 6 heteroatoms. The van der Waals surface area contributed by atoms with Crippen molar-refractivity contribution in [1.82, 2.24) is 4.90 Å². The number of rotatable bonds is 10. The number of carboxylic acid groups (broad SMARTS) is 1. The molecule has 0 bridgehead atoms. The lowest BCUT2D eigenvalue weighted by Crippen LogP contribution is -2.21. The molecule has 1 amide bonds. The summed E-state index contributed by atoms with van der Waals surface area (Å²) in [6.07, 6.45) is 8.24. The molecule has 0 aromatic heterocycles. The Balaban J connectivity index is 0.000000595. The van der Waals surface area contributed by atoms with E-state index >= 15 is 0 Å². The van der Waals surface area contributed by atoms with Crippen LogP contribution in [0.5, 0.6) is 0 Å². The SMILES string of the molecule is CC.CCCC1CCC(C(=O)O)CC1.CCc1c(C)cc(NCCN(C)C)cc1NC=O. The van der Waals surface area contributed by atoms with Crippen LogP contribution in [0, 0.1) is 18.8 Å². The van der Waals surface area contributed by atoms with Crippen molar-refractivity contribution >= 4 is 23.8 Å². The summed E-state index contributed by atoms with van der Waals surface area (Å²) in [4.78, 5) is 23.4. The summed E-state index contributed by atoms with van der Waals surface area (Å²) in [6, 6.07) is 4.13. The Morgan fingerprint density at radius 3 is 2.25 bits per heavy atom. The third-order valence-corrected chi connectivity index (χ3v) is 5.82. The topological polar surface area (TPSA) is 81.7 Å². The smallest absolute Gasteiger partial charge is 0.306 e. The van der Waals surface area contributed by atoms with Gasteiger partial charge in [-0.15, -0.1) is 0 Å². The van der Waals surface area contributed by atoms with Crippen molar-refractivity contribution in [2.75, 3.05) is 37.8 Å². The molecule has 1 aromatic rings. The van der Waals surface area contributed by atoms with Gasteiger partial charge >= 0.3 is 5.97 Å². The predicted octanol–water partition coefficient (Wildman–Crippen LogP) is 5.80. The molecule has 1 aromatic carbocycles. The van der Waals surface area contributed by atoms with Crippen molar-refractivity contribution in [2.24, 2.45) is 11.8 Å². The van der Waals surface area contributed by atoms with E-state index in [0.29, 0.717) is 0 Å². The molecule has 1 saturated carbocycles. The zero-order valence-electron chi connectivity index (χ0n) is 21.5. The summed E-state index contributed by atoms with van der Waals surface area (Å²) in [5.74, 6) is 0.175. The second-order valence-electron chi connectivity index (χ2n) is 8.51. The van der Waals surface area contributed by atoms with Crippen molar-refractivity contribution in [2.45, 2.75) is 79.6 Å². The second-order valence-corrected chi connectivity index (χ2v) is 8.51. The van der Waals surface area contributed by atoms with Gasteiger partial charge in [-0.1, -0.05) is 40.5 Å². The summed E-state index contributed by atoms with van der Waals surface area (Å²) in [6.45, 7) is 12.2. The van der Waals surface area contributed by atoms with Gasteiger partial charge in [0, 0.05) is 24.5 Å². The first-order valence-electron chi connectivity index (χ1n) is 12.3. The number of likely N-dealkylation sites (N-methyl/N-ethyl adjacent to an activating group) is 1. The molecule has 0 atom stereocenters. The second kappa shape index (κ2) is 17.5. The van der Waals surface area contributed by atoms with Crippen molar-refractivity contribution in [3.05, 3.63) is 23.3 Å². The van der Waals surface area contributed by atoms with Crippen LogP contribution in [0.15, 0.2) is 12.1 Å². The number of hydrogen-bond acceptors (Lipinski definition) is 4. The third kappa shape index (κ3) is 11.5. The molecule has 2 rings (SSSR count). The number of nitrogens with zero attached hydrogens (tertiary/aromatic N) is 1. The third-order valence-electron chi connectivity index (χ3n) is 5.82. The number of aliphatic carboxylic acids is 1. The summed E-state index contributed by atoms with van der Waals surface area (Å²) in [5.41, 5.74) is 4.35. The number of carbonyl (C=O) groups excluding carboxylic acids is 1. The molecule has 0 spiro atoms. The Morgan fingerprint density at radius 2 is 1.78 bits per heavy atom. The minimum Gasteiger partial charge on any atom is -0.481 e. The highest BCUT2D eigenvalue weighted by atomic mass is 16.4. The highest BCUT2D eigenvalue weighted by Gasteiger charge is 2.24. The summed E-state index contributed by atoms with van der Waals surface area (Å²) in [5, 5.41) is 14.9. The van der Waals surface area contributed by atoms with Crippen LogP contribution in [0.25, 0.3) is 0 Å². The predicted molar refractivity (Wildman–Crippen MR) is 137 cm³/mol. The first kappa shape index (κ1) is 29.9. The maximum atomic E-state index is 10.6. The van der Waals surface area contributed by atoms with Crippen LogP contribution >= 0.6 is 0 Å². The van der Waals surface area contributed by atoms with Crippen LogP contribution in [0.2, 0.25) is 0 Å². The molecule has 1 fully saturated rings. The van der Waals surface area contributed by atoms with Gasteiger partial charge in [-0.2, -0.15) is 0 Å². The molecule has 0 unspecified atom stereocenters. The Kier molecular flexibility index (Phi) is 16.3. The zero-order chi connectivity index (χ0) is 24.5. The highest BCUT2D eigenvalue weighted by Crippen LogP contribution is 2.31. The van der Waals surface area contributed by atoms with Gasteiger partial charge in [0.2, 0.25) is 6.41 Å². The monoisotopic (exact) mass is 449 g/mol. The van der Waals surface area contributed by atoms with Gasteiger partial charge in [0.15, 0.2) is 0 Å². The van der Waals surface area contributed by atoms with Crippen LogP contribution in [0.3, 0.4) is 0 Å². The fourth-order valence-electron chi connectivity index (χ4n) is 4.11. The van der Waals surface area contributed by atoms with Crippen molar-refractivity contribution in [1.29, 1.82) is 0 Å². The van der Waals surface area contributed by atoms with Crippen LogP contribution < -0.4 is 10.6 Å². The lowest BCUT2D eigenvalue weighted by Gasteiger charge is -2.25. The lowest BCUT2D eigenvalue weighted by molar-refractivity contribution is -0.143. The molecule has 6 nitrogen and oxygen atoms in total. The number of benzene rings is 1. The zero-order valence-corrected chi connectivity index (χ0v) is 21.5. The van der Waals surface area contributed by atoms with E-state index in [4.69, 9.17) is 5.11 Å². The first-order chi connectivity index (χ1) is 15.3. The van der Waals surface area contributed by atoms with E-state index in [1.807, 2.05) is 34.0 Å². The minimum absolute atomic E-state index is 0.0434. The van der Waals surface area contributed by atoms with Crippen LogP contribution in [-0.2, 0) is 16.0 Å². The molecular formula is C26H47N3O3. The normalized spacial score (nSPS) is 17.4. The van der Waals surface area contributed by atoms with E-state index in [0.717, 1.165) is 68.9 Å². The van der Waals surface area contributed by atoms with E-state index in [9.17, 15) is 9.59 Å². The molecule has 1 aliphatic rings. The number of aryl methyl sites for hydroxylation is 1. The van der Waals surface area contributed by atoms with E-state index in [1.165, 1.54) is 24.0 Å². The molecule has 0 radical (unpaired) electrons. The highest BCUT2D eigenvalue weighted by molar-refractivity contribution is 5.77. The molecule has 184 valence electrons. The molecule has 3 N–H and O–H groups in total. The van der Waals surface area contributed by atoms with E-state index < -0.39 is 5.97 Å². The number of anilines is 2. The summed E-state index contributed by atoms with van der Waals surface area (Å²) < 4.78 is 0. The van der Waals surface area contributed by atoms with Gasteiger partial charge in [0.25, 0.3) is 0 Å². The van der Waals surface area contributed by atoms with Crippen LogP contribution in [0.4, 0.5) is 11.4 Å². The van der Waals surface area contributed by atoms with Gasteiger partial charge in [0.05, 0.1) is 5.92 Å². The Labute approximate surface area is 196 Å². The number of hydrogen-bond donors (Lipinski definition) is 3. The summed E-state index contributed by atoms with van der Waals surface area (Å²) in [7, 11) is 4.10. The van der Waals surface area contributed by atoms with Gasteiger partial charge < -0.3 is 20.6 Å². The molecular weight excluding hydrogens is 402 g/mol. The quantitative estimate of drug-likeness (QED) is 0.393. The number of nitrogens with one attached hydrogen (secondary N) is 2. The standard InChI is InChI=1S/C14H23N3O.C10H18O2.C2H6/c1-5-13-11(2)8-12(9-14(13)16-10-18)15-6-7-17(3)4;1-2-3-8-4-6-9(7-5-8)10(11)12;1-2/h8-10,15H,5-7H2,1-4H3,(H,16,18);8-9H,2-7H2,1H3,(H,11,12);1-2H3. The van der Waals surface area contributed by atoms with Gasteiger partial charge in [-0.25, -0.2) is 0 Å². The van der Waals surface area contributed by atoms with Crippen LogP contribution in [-0.4, -0.2) is 49.6 Å². The van der Waals surface area contributed by atoms with Gasteiger partial charge in [-0.3, -0.25) is 9.59 Å². The van der Waals surface area contributed by atoms with Crippen molar-refractivity contribution in [3.63, 3.8) is 0 Å². The Bertz CT molecular complexity index is 654. The Hall–Kier alpha value is -2.08. The minimum atomic E-state index is -0.593. The molecule has 0 heterocycles.